The Hall–Kier alpha value is -1.15. The van der Waals surface area contributed by atoms with Crippen LogP contribution in [0.25, 0.3) is 0 Å². The molecule has 1 fully saturated rings. The molecule has 1 aromatic rings. The summed E-state index contributed by atoms with van der Waals surface area (Å²) in [6.45, 7) is 6.80. The van der Waals surface area contributed by atoms with Crippen LogP contribution in [0.2, 0.25) is 0 Å². The smallest absolute Gasteiger partial charge is 0.192 e. The van der Waals surface area contributed by atoms with Gasteiger partial charge in [0.05, 0.1) is 0 Å². The van der Waals surface area contributed by atoms with Crippen LogP contribution in [0, 0.1) is 20.8 Å². The average Bonchev–Trinajstić information content (AvgIpc) is 2.28. The van der Waals surface area contributed by atoms with E-state index in [1.165, 1.54) is 5.56 Å². The average molecular weight is 232 g/mol. The Morgan fingerprint density at radius 3 is 2.35 bits per heavy atom. The van der Waals surface area contributed by atoms with Crippen molar-refractivity contribution >= 4 is 5.78 Å². The summed E-state index contributed by atoms with van der Waals surface area (Å²) in [6.07, 6.45) is 2.82. The monoisotopic (exact) mass is 232 g/mol. The van der Waals surface area contributed by atoms with Gasteiger partial charge >= 0.3 is 0 Å². The van der Waals surface area contributed by atoms with Crippen molar-refractivity contribution < 1.29 is 9.53 Å². The molecule has 1 saturated heterocycles. The van der Waals surface area contributed by atoms with Crippen LogP contribution in [0.3, 0.4) is 0 Å². The third kappa shape index (κ3) is 2.58. The van der Waals surface area contributed by atoms with Gasteiger partial charge in [-0.3, -0.25) is 4.79 Å². The predicted octanol–water partition coefficient (Wildman–Crippen LogP) is 3.36. The second-order valence-electron chi connectivity index (χ2n) is 4.99. The molecule has 2 nitrogen and oxygen atoms in total. The molecule has 1 aromatic carbocycles. The molecule has 0 aliphatic carbocycles. The minimum absolute atomic E-state index is 0.166. The molecular formula is C15H20O2. The summed E-state index contributed by atoms with van der Waals surface area (Å²) in [6, 6.07) is 4.14. The van der Waals surface area contributed by atoms with E-state index in [2.05, 4.69) is 19.1 Å². The fraction of sp³-hybridized carbons (Fsp3) is 0.533. The molecule has 1 atom stereocenters. The summed E-state index contributed by atoms with van der Waals surface area (Å²) in [5.74, 6) is 0.166. The Labute approximate surface area is 103 Å². The Bertz CT molecular complexity index is 406. The Kier molecular flexibility index (Phi) is 3.63. The summed E-state index contributed by atoms with van der Waals surface area (Å²) >= 11 is 0. The molecule has 17 heavy (non-hydrogen) atoms. The van der Waals surface area contributed by atoms with Crippen LogP contribution < -0.4 is 0 Å². The molecule has 0 N–H and O–H groups in total. The van der Waals surface area contributed by atoms with E-state index in [-0.39, 0.29) is 11.9 Å². The van der Waals surface area contributed by atoms with Crippen molar-refractivity contribution in [3.8, 4) is 0 Å². The molecule has 1 aliphatic rings. The lowest BCUT2D eigenvalue weighted by Gasteiger charge is -2.23. The SMILES string of the molecule is Cc1cc(C)c(C(=O)C2CCCCO2)c(C)c1. The number of carbonyl (C=O) groups is 1. The van der Waals surface area contributed by atoms with Gasteiger partial charge in [0.25, 0.3) is 0 Å². The first kappa shape index (κ1) is 12.3. The van der Waals surface area contributed by atoms with Crippen LogP contribution in [0.5, 0.6) is 0 Å². The van der Waals surface area contributed by atoms with Crippen LogP contribution >= 0.6 is 0 Å². The van der Waals surface area contributed by atoms with Crippen LogP contribution in [0.15, 0.2) is 12.1 Å². The third-order valence-electron chi connectivity index (χ3n) is 3.40. The number of hydrogen-bond donors (Lipinski definition) is 0. The number of carbonyl (C=O) groups excluding carboxylic acids is 1. The largest absolute Gasteiger partial charge is 0.370 e. The maximum Gasteiger partial charge on any atom is 0.192 e. The number of aryl methyl sites for hydroxylation is 3. The first-order chi connectivity index (χ1) is 8.09. The topological polar surface area (TPSA) is 26.3 Å². The van der Waals surface area contributed by atoms with Gasteiger partial charge in [0.2, 0.25) is 0 Å². The first-order valence-electron chi connectivity index (χ1n) is 6.33. The molecule has 0 spiro atoms. The second-order valence-corrected chi connectivity index (χ2v) is 4.99. The van der Waals surface area contributed by atoms with E-state index < -0.39 is 0 Å². The lowest BCUT2D eigenvalue weighted by molar-refractivity contribution is 0.0185. The van der Waals surface area contributed by atoms with E-state index in [1.54, 1.807) is 0 Å². The maximum absolute atomic E-state index is 12.4. The van der Waals surface area contributed by atoms with E-state index in [0.717, 1.165) is 42.6 Å². The fourth-order valence-electron chi connectivity index (χ4n) is 2.68. The number of benzene rings is 1. The zero-order valence-electron chi connectivity index (χ0n) is 10.9. The van der Waals surface area contributed by atoms with E-state index >= 15 is 0 Å². The highest BCUT2D eigenvalue weighted by molar-refractivity contribution is 6.02. The Morgan fingerprint density at radius 2 is 1.82 bits per heavy atom. The fourth-order valence-corrected chi connectivity index (χ4v) is 2.68. The van der Waals surface area contributed by atoms with E-state index in [9.17, 15) is 4.79 Å². The molecule has 2 rings (SSSR count). The zero-order chi connectivity index (χ0) is 12.4. The van der Waals surface area contributed by atoms with Crippen molar-refractivity contribution in [3.63, 3.8) is 0 Å². The predicted molar refractivity (Wildman–Crippen MR) is 68.6 cm³/mol. The molecule has 0 amide bonds. The van der Waals surface area contributed by atoms with Gasteiger partial charge in [-0.05, 0) is 51.2 Å². The summed E-state index contributed by atoms with van der Waals surface area (Å²) in [5, 5.41) is 0. The van der Waals surface area contributed by atoms with Crippen molar-refractivity contribution in [1.82, 2.24) is 0 Å². The quantitative estimate of drug-likeness (QED) is 0.731. The summed E-state index contributed by atoms with van der Waals surface area (Å²) < 4.78 is 5.58. The van der Waals surface area contributed by atoms with Crippen molar-refractivity contribution in [3.05, 3.63) is 34.4 Å². The van der Waals surface area contributed by atoms with Gasteiger partial charge in [0, 0.05) is 12.2 Å². The van der Waals surface area contributed by atoms with Gasteiger partial charge in [0.15, 0.2) is 5.78 Å². The zero-order valence-corrected chi connectivity index (χ0v) is 10.9. The molecule has 0 saturated carbocycles. The van der Waals surface area contributed by atoms with E-state index in [0.29, 0.717) is 0 Å². The molecular weight excluding hydrogens is 212 g/mol. The van der Waals surface area contributed by atoms with Crippen molar-refractivity contribution in [2.24, 2.45) is 0 Å². The molecule has 1 aliphatic heterocycles. The number of rotatable bonds is 2. The minimum Gasteiger partial charge on any atom is -0.370 e. The molecule has 0 bridgehead atoms. The van der Waals surface area contributed by atoms with E-state index in [4.69, 9.17) is 4.74 Å². The maximum atomic E-state index is 12.4. The van der Waals surface area contributed by atoms with Crippen LogP contribution in [-0.4, -0.2) is 18.5 Å². The molecule has 1 heterocycles. The standard InChI is InChI=1S/C15H20O2/c1-10-8-11(2)14(12(3)9-10)15(16)13-6-4-5-7-17-13/h8-9,13H,4-7H2,1-3H3. The minimum atomic E-state index is -0.219. The van der Waals surface area contributed by atoms with Crippen molar-refractivity contribution in [2.75, 3.05) is 6.61 Å². The lowest BCUT2D eigenvalue weighted by atomic mass is 9.92. The molecule has 0 radical (unpaired) electrons. The molecule has 92 valence electrons. The van der Waals surface area contributed by atoms with Gasteiger partial charge in [0.1, 0.15) is 6.10 Å². The second kappa shape index (κ2) is 5.01. The molecule has 1 unspecified atom stereocenters. The van der Waals surface area contributed by atoms with Gasteiger partial charge in [-0.25, -0.2) is 0 Å². The molecule has 2 heteroatoms. The number of ketones is 1. The number of hydrogen-bond acceptors (Lipinski definition) is 2. The third-order valence-corrected chi connectivity index (χ3v) is 3.40. The highest BCUT2D eigenvalue weighted by atomic mass is 16.5. The van der Waals surface area contributed by atoms with E-state index in [1.807, 2.05) is 13.8 Å². The normalized spacial score (nSPS) is 20.3. The summed E-state index contributed by atoms with van der Waals surface area (Å²) in [5.41, 5.74) is 4.21. The van der Waals surface area contributed by atoms with Crippen molar-refractivity contribution in [1.29, 1.82) is 0 Å². The van der Waals surface area contributed by atoms with Crippen LogP contribution in [-0.2, 0) is 4.74 Å². The van der Waals surface area contributed by atoms with Crippen LogP contribution in [0.1, 0.15) is 46.3 Å². The van der Waals surface area contributed by atoms with Gasteiger partial charge in [-0.15, -0.1) is 0 Å². The number of ether oxygens (including phenoxy) is 1. The van der Waals surface area contributed by atoms with Gasteiger partial charge < -0.3 is 4.74 Å². The van der Waals surface area contributed by atoms with Crippen molar-refractivity contribution in [2.45, 2.75) is 46.1 Å². The van der Waals surface area contributed by atoms with Gasteiger partial charge in [-0.1, -0.05) is 17.7 Å². The summed E-state index contributed by atoms with van der Waals surface area (Å²) in [7, 11) is 0. The Morgan fingerprint density at radius 1 is 1.18 bits per heavy atom. The highest BCUT2D eigenvalue weighted by Gasteiger charge is 2.25. The number of Topliss-reactive ketones (excluding diaryl/α,β-unsaturated/α-hetero) is 1. The summed E-state index contributed by atoms with van der Waals surface area (Å²) in [4.78, 5) is 12.4. The Balaban J connectivity index is 2.30. The first-order valence-corrected chi connectivity index (χ1v) is 6.33. The highest BCUT2D eigenvalue weighted by Crippen LogP contribution is 2.23. The molecule has 0 aromatic heterocycles. The van der Waals surface area contributed by atoms with Gasteiger partial charge in [-0.2, -0.15) is 0 Å². The lowest BCUT2D eigenvalue weighted by Crippen LogP contribution is -2.29. The van der Waals surface area contributed by atoms with Crippen LogP contribution in [0.4, 0.5) is 0 Å².